The van der Waals surface area contributed by atoms with Crippen LogP contribution in [0, 0.1) is 18.8 Å². The summed E-state index contributed by atoms with van der Waals surface area (Å²) in [7, 11) is 0. The molecule has 0 saturated heterocycles. The number of hydrogen-bond acceptors (Lipinski definition) is 3. The van der Waals surface area contributed by atoms with Gasteiger partial charge in [-0.1, -0.05) is 13.3 Å². The molecule has 18 heavy (non-hydrogen) atoms. The molecule has 1 heterocycles. The fourth-order valence-electron chi connectivity index (χ4n) is 2.52. The van der Waals surface area contributed by atoms with Gasteiger partial charge in [0, 0.05) is 5.69 Å². The van der Waals surface area contributed by atoms with Crippen molar-refractivity contribution in [3.8, 4) is 5.75 Å². The van der Waals surface area contributed by atoms with Crippen molar-refractivity contribution >= 4 is 5.97 Å². The third-order valence-corrected chi connectivity index (χ3v) is 3.86. The fourth-order valence-corrected chi connectivity index (χ4v) is 2.52. The van der Waals surface area contributed by atoms with Gasteiger partial charge in [0.15, 0.2) is 0 Å². The van der Waals surface area contributed by atoms with E-state index in [4.69, 9.17) is 4.74 Å². The smallest absolute Gasteiger partial charge is 0.314 e. The third kappa shape index (κ3) is 3.31. The van der Waals surface area contributed by atoms with E-state index in [9.17, 15) is 4.79 Å². The van der Waals surface area contributed by atoms with Crippen molar-refractivity contribution in [2.24, 2.45) is 11.8 Å². The molecule has 3 heteroatoms. The number of ether oxygens (including phenoxy) is 1. The fraction of sp³-hybridized carbons (Fsp3) is 0.600. The van der Waals surface area contributed by atoms with Crippen molar-refractivity contribution in [1.29, 1.82) is 0 Å². The van der Waals surface area contributed by atoms with Crippen LogP contribution in [-0.2, 0) is 4.79 Å². The molecular formula is C15H21NO2. The summed E-state index contributed by atoms with van der Waals surface area (Å²) in [5, 5.41) is 0. The molecule has 1 aliphatic carbocycles. The van der Waals surface area contributed by atoms with Crippen LogP contribution in [0.25, 0.3) is 0 Å². The Morgan fingerprint density at radius 1 is 1.33 bits per heavy atom. The van der Waals surface area contributed by atoms with E-state index in [2.05, 4.69) is 11.9 Å². The Labute approximate surface area is 109 Å². The average molecular weight is 247 g/mol. The first kappa shape index (κ1) is 13.1. The van der Waals surface area contributed by atoms with Gasteiger partial charge in [0.05, 0.1) is 12.1 Å². The summed E-state index contributed by atoms with van der Waals surface area (Å²) in [6.45, 7) is 4.14. The molecule has 0 bridgehead atoms. The number of aryl methyl sites for hydroxylation is 1. The lowest BCUT2D eigenvalue weighted by molar-refractivity contribution is -0.140. The van der Waals surface area contributed by atoms with Crippen molar-refractivity contribution < 1.29 is 9.53 Å². The van der Waals surface area contributed by atoms with E-state index >= 15 is 0 Å². The quantitative estimate of drug-likeness (QED) is 0.767. The molecule has 98 valence electrons. The minimum absolute atomic E-state index is 0.0779. The highest BCUT2D eigenvalue weighted by molar-refractivity contribution is 5.75. The summed E-state index contributed by atoms with van der Waals surface area (Å²) in [6, 6.07) is 3.66. The van der Waals surface area contributed by atoms with E-state index in [1.54, 1.807) is 12.3 Å². The van der Waals surface area contributed by atoms with E-state index < -0.39 is 0 Å². The second-order valence-electron chi connectivity index (χ2n) is 5.18. The molecule has 1 fully saturated rings. The minimum atomic E-state index is -0.0878. The Morgan fingerprint density at radius 2 is 2.06 bits per heavy atom. The second kappa shape index (κ2) is 5.98. The molecule has 0 N–H and O–H groups in total. The number of aromatic nitrogens is 1. The monoisotopic (exact) mass is 247 g/mol. The zero-order valence-electron chi connectivity index (χ0n) is 11.2. The lowest BCUT2D eigenvalue weighted by atomic mass is 9.81. The van der Waals surface area contributed by atoms with Crippen LogP contribution >= 0.6 is 0 Å². The largest absolute Gasteiger partial charge is 0.425 e. The standard InChI is InChI=1S/C15H21NO2/c1-3-12-5-7-13(8-6-12)15(17)18-14-9-4-11(2)16-10-14/h4,9-10,12-13H,3,5-8H2,1-2H3/t12-,13-. The van der Waals surface area contributed by atoms with Gasteiger partial charge in [-0.15, -0.1) is 0 Å². The van der Waals surface area contributed by atoms with Gasteiger partial charge in [-0.25, -0.2) is 0 Å². The third-order valence-electron chi connectivity index (χ3n) is 3.86. The van der Waals surface area contributed by atoms with Crippen LogP contribution in [0.15, 0.2) is 18.3 Å². The average Bonchev–Trinajstić information content (AvgIpc) is 2.41. The Hall–Kier alpha value is -1.38. The Morgan fingerprint density at radius 3 is 2.61 bits per heavy atom. The zero-order chi connectivity index (χ0) is 13.0. The van der Waals surface area contributed by atoms with Gasteiger partial charge in [-0.3, -0.25) is 9.78 Å². The van der Waals surface area contributed by atoms with Gasteiger partial charge < -0.3 is 4.74 Å². The van der Waals surface area contributed by atoms with Gasteiger partial charge in [0.1, 0.15) is 5.75 Å². The molecule has 1 aromatic heterocycles. The summed E-state index contributed by atoms with van der Waals surface area (Å²) in [5.41, 5.74) is 0.929. The lowest BCUT2D eigenvalue weighted by Gasteiger charge is -2.26. The number of pyridine rings is 1. The number of hydrogen-bond donors (Lipinski definition) is 0. The normalized spacial score (nSPS) is 23.7. The Kier molecular flexibility index (Phi) is 4.34. The maximum absolute atomic E-state index is 12.0. The summed E-state index contributed by atoms with van der Waals surface area (Å²) in [4.78, 5) is 16.1. The molecular weight excluding hydrogens is 226 g/mol. The first-order valence-corrected chi connectivity index (χ1v) is 6.83. The number of carbonyl (C=O) groups excluding carboxylic acids is 1. The van der Waals surface area contributed by atoms with Crippen molar-refractivity contribution in [1.82, 2.24) is 4.98 Å². The second-order valence-corrected chi connectivity index (χ2v) is 5.18. The molecule has 0 atom stereocenters. The molecule has 0 aliphatic heterocycles. The van der Waals surface area contributed by atoms with E-state index in [0.29, 0.717) is 5.75 Å². The number of carbonyl (C=O) groups is 1. The van der Waals surface area contributed by atoms with Crippen LogP contribution in [0.4, 0.5) is 0 Å². The van der Waals surface area contributed by atoms with Gasteiger partial charge in [-0.05, 0) is 50.7 Å². The minimum Gasteiger partial charge on any atom is -0.425 e. The van der Waals surface area contributed by atoms with E-state index in [0.717, 1.165) is 37.3 Å². The van der Waals surface area contributed by atoms with Crippen LogP contribution in [0.5, 0.6) is 5.75 Å². The molecule has 2 rings (SSSR count). The molecule has 0 spiro atoms. The Balaban J connectivity index is 1.87. The van der Waals surface area contributed by atoms with Crippen LogP contribution in [0.1, 0.15) is 44.7 Å². The van der Waals surface area contributed by atoms with Crippen LogP contribution in [-0.4, -0.2) is 11.0 Å². The highest BCUT2D eigenvalue weighted by atomic mass is 16.5. The van der Waals surface area contributed by atoms with Crippen molar-refractivity contribution in [2.75, 3.05) is 0 Å². The molecule has 1 aromatic rings. The van der Waals surface area contributed by atoms with E-state index in [1.807, 2.05) is 13.0 Å². The summed E-state index contributed by atoms with van der Waals surface area (Å²) < 4.78 is 5.38. The zero-order valence-corrected chi connectivity index (χ0v) is 11.2. The van der Waals surface area contributed by atoms with Gasteiger partial charge in [-0.2, -0.15) is 0 Å². The van der Waals surface area contributed by atoms with Crippen LogP contribution in [0.3, 0.4) is 0 Å². The predicted molar refractivity (Wildman–Crippen MR) is 70.3 cm³/mol. The van der Waals surface area contributed by atoms with Crippen molar-refractivity contribution in [3.63, 3.8) is 0 Å². The number of esters is 1. The molecule has 1 saturated carbocycles. The molecule has 1 aliphatic rings. The maximum Gasteiger partial charge on any atom is 0.314 e. The Bertz CT molecular complexity index is 391. The molecule has 3 nitrogen and oxygen atoms in total. The van der Waals surface area contributed by atoms with Gasteiger partial charge in [0.2, 0.25) is 0 Å². The molecule has 0 amide bonds. The van der Waals surface area contributed by atoms with Gasteiger partial charge in [0.25, 0.3) is 0 Å². The number of rotatable bonds is 3. The highest BCUT2D eigenvalue weighted by Gasteiger charge is 2.26. The molecule has 0 unspecified atom stereocenters. The SMILES string of the molecule is CC[C@H]1CC[C@H](C(=O)Oc2ccc(C)nc2)CC1. The first-order valence-electron chi connectivity index (χ1n) is 6.83. The first-order chi connectivity index (χ1) is 8.69. The van der Waals surface area contributed by atoms with Crippen LogP contribution in [0.2, 0.25) is 0 Å². The van der Waals surface area contributed by atoms with E-state index in [1.165, 1.54) is 6.42 Å². The maximum atomic E-state index is 12.0. The highest BCUT2D eigenvalue weighted by Crippen LogP contribution is 2.31. The van der Waals surface area contributed by atoms with Gasteiger partial charge >= 0.3 is 5.97 Å². The predicted octanol–water partition coefficient (Wildman–Crippen LogP) is 3.51. The van der Waals surface area contributed by atoms with E-state index in [-0.39, 0.29) is 11.9 Å². The lowest BCUT2D eigenvalue weighted by Crippen LogP contribution is -2.25. The topological polar surface area (TPSA) is 39.2 Å². The molecule has 0 aromatic carbocycles. The summed E-state index contributed by atoms with van der Waals surface area (Å²) >= 11 is 0. The summed E-state index contributed by atoms with van der Waals surface area (Å²) in [6.07, 6.45) is 7.09. The van der Waals surface area contributed by atoms with Crippen LogP contribution < -0.4 is 4.74 Å². The summed E-state index contributed by atoms with van der Waals surface area (Å²) in [5.74, 6) is 1.35. The van der Waals surface area contributed by atoms with Crippen molar-refractivity contribution in [2.45, 2.75) is 46.0 Å². The van der Waals surface area contributed by atoms with Crippen molar-refractivity contribution in [3.05, 3.63) is 24.0 Å². The number of nitrogens with zero attached hydrogens (tertiary/aromatic N) is 1. The molecule has 0 radical (unpaired) electrons.